The summed E-state index contributed by atoms with van der Waals surface area (Å²) in [6.07, 6.45) is -5.74. The molecule has 0 atom stereocenters. The maximum Gasteiger partial charge on any atom is 0.455 e. The number of nitro benzene ring substituents is 1. The molecule has 112 valence electrons. The first-order valence-corrected chi connectivity index (χ1v) is 5.00. The average Bonchev–Trinajstić information content (AvgIpc) is 2.26. The molecule has 20 heavy (non-hydrogen) atoms. The molecule has 0 aliphatic rings. The van der Waals surface area contributed by atoms with Crippen LogP contribution in [-0.4, -0.2) is 23.6 Å². The zero-order valence-corrected chi connectivity index (χ0v) is 9.59. The molecule has 0 heterocycles. The number of nitrogens with zero attached hydrogens (tertiary/aromatic N) is 1. The van der Waals surface area contributed by atoms with Crippen LogP contribution in [-0.2, 0) is 11.3 Å². The van der Waals surface area contributed by atoms with Crippen LogP contribution in [0.3, 0.4) is 0 Å². The van der Waals surface area contributed by atoms with Gasteiger partial charge in [-0.25, -0.2) is 0 Å². The van der Waals surface area contributed by atoms with Crippen molar-refractivity contribution >= 4 is 5.69 Å². The standard InChI is InChI=1S/C10H7F6NO3/c11-7-3-6(1-2-8(7)17(18)19)4-20-5-9(12,13)10(14,15)16/h1-3H,4-5H2. The molecule has 0 bridgehead atoms. The Morgan fingerprint density at radius 3 is 2.25 bits per heavy atom. The van der Waals surface area contributed by atoms with E-state index in [4.69, 9.17) is 0 Å². The van der Waals surface area contributed by atoms with Crippen molar-refractivity contribution in [3.63, 3.8) is 0 Å². The fourth-order valence-electron chi connectivity index (χ4n) is 1.17. The molecule has 0 unspecified atom stereocenters. The zero-order chi connectivity index (χ0) is 15.6. The molecule has 0 aromatic heterocycles. The van der Waals surface area contributed by atoms with E-state index in [1.807, 2.05) is 0 Å². The van der Waals surface area contributed by atoms with Gasteiger partial charge in [-0.3, -0.25) is 10.1 Å². The van der Waals surface area contributed by atoms with Crippen LogP contribution in [0, 0.1) is 15.9 Å². The van der Waals surface area contributed by atoms with Crippen LogP contribution in [0.2, 0.25) is 0 Å². The van der Waals surface area contributed by atoms with Crippen molar-refractivity contribution in [2.45, 2.75) is 18.7 Å². The summed E-state index contributed by atoms with van der Waals surface area (Å²) in [6, 6.07) is 2.38. The van der Waals surface area contributed by atoms with E-state index in [1.54, 1.807) is 0 Å². The minimum atomic E-state index is -5.74. The number of hydrogen-bond donors (Lipinski definition) is 0. The van der Waals surface area contributed by atoms with E-state index in [0.29, 0.717) is 6.07 Å². The zero-order valence-electron chi connectivity index (χ0n) is 9.59. The van der Waals surface area contributed by atoms with Crippen molar-refractivity contribution in [2.24, 2.45) is 0 Å². The van der Waals surface area contributed by atoms with Gasteiger partial charge < -0.3 is 4.74 Å². The Hall–Kier alpha value is -1.84. The van der Waals surface area contributed by atoms with Gasteiger partial charge in [0.1, 0.15) is 6.61 Å². The second-order valence-electron chi connectivity index (χ2n) is 3.74. The highest BCUT2D eigenvalue weighted by Crippen LogP contribution is 2.35. The fourth-order valence-corrected chi connectivity index (χ4v) is 1.17. The maximum absolute atomic E-state index is 13.1. The summed E-state index contributed by atoms with van der Waals surface area (Å²) in [5.41, 5.74) is -0.944. The van der Waals surface area contributed by atoms with Gasteiger partial charge in [0.25, 0.3) is 0 Å². The predicted molar refractivity (Wildman–Crippen MR) is 53.7 cm³/mol. The second-order valence-corrected chi connectivity index (χ2v) is 3.74. The minimum absolute atomic E-state index is 0.105. The number of hydrogen-bond acceptors (Lipinski definition) is 3. The Morgan fingerprint density at radius 1 is 1.20 bits per heavy atom. The van der Waals surface area contributed by atoms with Crippen LogP contribution < -0.4 is 0 Å². The van der Waals surface area contributed by atoms with Crippen molar-refractivity contribution in [3.05, 3.63) is 39.7 Å². The van der Waals surface area contributed by atoms with Crippen molar-refractivity contribution in [2.75, 3.05) is 6.61 Å². The largest absolute Gasteiger partial charge is 0.455 e. The summed E-state index contributed by atoms with van der Waals surface area (Å²) in [5, 5.41) is 10.3. The van der Waals surface area contributed by atoms with Gasteiger partial charge in [0.2, 0.25) is 5.82 Å². The highest BCUT2D eigenvalue weighted by Gasteiger charge is 2.57. The lowest BCUT2D eigenvalue weighted by Crippen LogP contribution is -2.40. The van der Waals surface area contributed by atoms with Gasteiger partial charge in [0.05, 0.1) is 11.5 Å². The maximum atomic E-state index is 13.1. The lowest BCUT2D eigenvalue weighted by atomic mass is 10.2. The predicted octanol–water partition coefficient (Wildman–Crippen LogP) is 3.45. The van der Waals surface area contributed by atoms with Gasteiger partial charge in [-0.15, -0.1) is 0 Å². The number of nitro groups is 1. The van der Waals surface area contributed by atoms with Gasteiger partial charge >= 0.3 is 17.8 Å². The number of ether oxygens (including phenoxy) is 1. The normalized spacial score (nSPS) is 12.5. The molecule has 1 aromatic rings. The molecule has 0 spiro atoms. The average molecular weight is 303 g/mol. The van der Waals surface area contributed by atoms with Gasteiger partial charge in [-0.1, -0.05) is 0 Å². The Balaban J connectivity index is 2.64. The van der Waals surface area contributed by atoms with Crippen LogP contribution >= 0.6 is 0 Å². The minimum Gasteiger partial charge on any atom is -0.370 e. The molecule has 0 aliphatic carbocycles. The molecule has 1 rings (SSSR count). The third-order valence-electron chi connectivity index (χ3n) is 2.18. The molecular formula is C10H7F6NO3. The molecule has 0 saturated carbocycles. The molecule has 0 N–H and O–H groups in total. The Morgan fingerprint density at radius 2 is 1.80 bits per heavy atom. The topological polar surface area (TPSA) is 52.4 Å². The van der Waals surface area contributed by atoms with E-state index in [9.17, 15) is 36.5 Å². The van der Waals surface area contributed by atoms with E-state index in [-0.39, 0.29) is 5.56 Å². The van der Waals surface area contributed by atoms with Gasteiger partial charge in [-0.05, 0) is 17.7 Å². The van der Waals surface area contributed by atoms with Gasteiger partial charge in [0, 0.05) is 6.07 Å². The molecule has 4 nitrogen and oxygen atoms in total. The summed E-state index contributed by atoms with van der Waals surface area (Å²) < 4.78 is 77.6. The van der Waals surface area contributed by atoms with Crippen LogP contribution in [0.1, 0.15) is 5.56 Å². The SMILES string of the molecule is O=[N+]([O-])c1ccc(COCC(F)(F)C(F)(F)F)cc1F. The molecular weight excluding hydrogens is 296 g/mol. The summed E-state index contributed by atoms with van der Waals surface area (Å²) in [4.78, 5) is 9.30. The third-order valence-corrected chi connectivity index (χ3v) is 2.18. The summed E-state index contributed by atoms with van der Waals surface area (Å²) in [7, 11) is 0. The fraction of sp³-hybridized carbons (Fsp3) is 0.400. The Kier molecular flexibility index (Phi) is 4.58. The van der Waals surface area contributed by atoms with Crippen LogP contribution in [0.25, 0.3) is 0 Å². The monoisotopic (exact) mass is 303 g/mol. The highest BCUT2D eigenvalue weighted by atomic mass is 19.4. The first-order chi connectivity index (χ1) is 9.04. The van der Waals surface area contributed by atoms with Crippen LogP contribution in [0.5, 0.6) is 0 Å². The van der Waals surface area contributed by atoms with Gasteiger partial charge in [0.15, 0.2) is 0 Å². The number of alkyl halides is 5. The smallest absolute Gasteiger partial charge is 0.370 e. The number of rotatable bonds is 5. The summed E-state index contributed by atoms with van der Waals surface area (Å²) in [5.74, 6) is -6.26. The second kappa shape index (κ2) is 5.65. The number of benzene rings is 1. The quantitative estimate of drug-likeness (QED) is 0.475. The molecule has 0 radical (unpaired) electrons. The van der Waals surface area contributed by atoms with Crippen molar-refractivity contribution in [1.82, 2.24) is 0 Å². The molecule has 0 saturated heterocycles. The van der Waals surface area contributed by atoms with Crippen molar-refractivity contribution < 1.29 is 36.0 Å². The lowest BCUT2D eigenvalue weighted by molar-refractivity contribution is -0.387. The molecule has 10 heteroatoms. The molecule has 0 fully saturated rings. The van der Waals surface area contributed by atoms with E-state index < -0.39 is 41.7 Å². The highest BCUT2D eigenvalue weighted by molar-refractivity contribution is 5.34. The van der Waals surface area contributed by atoms with Crippen LogP contribution in [0.15, 0.2) is 18.2 Å². The summed E-state index contributed by atoms with van der Waals surface area (Å²) >= 11 is 0. The van der Waals surface area contributed by atoms with Crippen molar-refractivity contribution in [3.8, 4) is 0 Å². The molecule has 1 aromatic carbocycles. The Labute approximate surface area is 108 Å². The first kappa shape index (κ1) is 16.2. The summed E-state index contributed by atoms with van der Waals surface area (Å²) in [6.45, 7) is -2.66. The van der Waals surface area contributed by atoms with Crippen LogP contribution in [0.4, 0.5) is 32.0 Å². The van der Waals surface area contributed by atoms with E-state index in [0.717, 1.165) is 12.1 Å². The third kappa shape index (κ3) is 3.83. The van der Waals surface area contributed by atoms with E-state index >= 15 is 0 Å². The first-order valence-electron chi connectivity index (χ1n) is 5.00. The number of halogens is 6. The molecule has 0 amide bonds. The van der Waals surface area contributed by atoms with Crippen molar-refractivity contribution in [1.29, 1.82) is 0 Å². The molecule has 0 aliphatic heterocycles. The van der Waals surface area contributed by atoms with Gasteiger partial charge in [-0.2, -0.15) is 26.3 Å². The van der Waals surface area contributed by atoms with E-state index in [2.05, 4.69) is 4.74 Å². The Bertz CT molecular complexity index is 502. The lowest BCUT2D eigenvalue weighted by Gasteiger charge is -2.19. The van der Waals surface area contributed by atoms with E-state index in [1.165, 1.54) is 0 Å².